The number of pyridine rings is 1. The number of hydrogen-bond acceptors (Lipinski definition) is 3. The van der Waals surface area contributed by atoms with Crippen LogP contribution in [0.4, 0.5) is 18.9 Å². The first-order chi connectivity index (χ1) is 7.51. The molecule has 1 aromatic rings. The van der Waals surface area contributed by atoms with Gasteiger partial charge in [0.15, 0.2) is 0 Å². The van der Waals surface area contributed by atoms with E-state index in [-0.39, 0.29) is 13.0 Å². The molecular weight excluding hydrogens is 221 g/mol. The van der Waals surface area contributed by atoms with Crippen LogP contribution in [0, 0.1) is 0 Å². The Balaban J connectivity index is 2.32. The van der Waals surface area contributed by atoms with Crippen molar-refractivity contribution in [2.45, 2.75) is 19.0 Å². The van der Waals surface area contributed by atoms with Gasteiger partial charge < -0.3 is 10.1 Å². The van der Waals surface area contributed by atoms with Gasteiger partial charge in [-0.15, -0.1) is 0 Å². The number of hydrogen-bond donors (Lipinski definition) is 1. The second-order valence-electron chi connectivity index (χ2n) is 3.23. The molecule has 1 heterocycles. The summed E-state index contributed by atoms with van der Waals surface area (Å²) in [6.07, 6.45) is -1.93. The van der Waals surface area contributed by atoms with Crippen molar-refractivity contribution in [1.82, 2.24) is 4.98 Å². The largest absolute Gasteiger partial charge is 0.492 e. The number of ether oxygens (including phenoxy) is 1. The first-order valence-electron chi connectivity index (χ1n) is 4.83. The number of aromatic nitrogens is 1. The first kappa shape index (κ1) is 12.6. The number of anilines is 1. The van der Waals surface area contributed by atoms with Crippen molar-refractivity contribution in [2.24, 2.45) is 0 Å². The zero-order chi connectivity index (χ0) is 12.0. The lowest BCUT2D eigenvalue weighted by Gasteiger charge is -2.08. The van der Waals surface area contributed by atoms with E-state index in [0.717, 1.165) is 5.69 Å². The van der Waals surface area contributed by atoms with Crippen molar-refractivity contribution in [3.05, 3.63) is 18.5 Å². The van der Waals surface area contributed by atoms with Crippen LogP contribution in [0.3, 0.4) is 0 Å². The Labute approximate surface area is 91.6 Å². The Morgan fingerprint density at radius 2 is 2.12 bits per heavy atom. The Morgan fingerprint density at radius 3 is 2.75 bits per heavy atom. The second kappa shape index (κ2) is 5.58. The maximum atomic E-state index is 11.8. The van der Waals surface area contributed by atoms with Crippen molar-refractivity contribution >= 4 is 5.69 Å². The van der Waals surface area contributed by atoms with Crippen molar-refractivity contribution in [2.75, 3.05) is 19.0 Å². The van der Waals surface area contributed by atoms with E-state index in [9.17, 15) is 13.2 Å². The zero-order valence-electron chi connectivity index (χ0n) is 8.84. The van der Waals surface area contributed by atoms with E-state index in [2.05, 4.69) is 10.3 Å². The van der Waals surface area contributed by atoms with Gasteiger partial charge >= 0.3 is 6.18 Å². The lowest BCUT2D eigenvalue weighted by molar-refractivity contribution is -0.136. The average molecular weight is 234 g/mol. The van der Waals surface area contributed by atoms with E-state index in [4.69, 9.17) is 4.74 Å². The normalized spacial score (nSPS) is 11.2. The van der Waals surface area contributed by atoms with Crippen molar-refractivity contribution < 1.29 is 17.9 Å². The highest BCUT2D eigenvalue weighted by Gasteiger charge is 2.26. The van der Waals surface area contributed by atoms with Gasteiger partial charge in [0.25, 0.3) is 0 Å². The van der Waals surface area contributed by atoms with Gasteiger partial charge in [-0.25, -0.2) is 0 Å². The topological polar surface area (TPSA) is 34.2 Å². The van der Waals surface area contributed by atoms with E-state index in [0.29, 0.717) is 5.75 Å². The lowest BCUT2D eigenvalue weighted by Crippen LogP contribution is -2.09. The molecule has 0 atom stereocenters. The fourth-order valence-electron chi connectivity index (χ4n) is 1.10. The summed E-state index contributed by atoms with van der Waals surface area (Å²) in [6.45, 7) is 0.0361. The maximum absolute atomic E-state index is 11.8. The molecule has 0 aliphatic heterocycles. The molecule has 0 aromatic carbocycles. The average Bonchev–Trinajstić information content (AvgIpc) is 2.23. The molecule has 0 amide bonds. The third-order valence-electron chi connectivity index (χ3n) is 1.88. The van der Waals surface area contributed by atoms with Crippen molar-refractivity contribution in [1.29, 1.82) is 0 Å². The predicted molar refractivity (Wildman–Crippen MR) is 54.6 cm³/mol. The Bertz CT molecular complexity index is 328. The monoisotopic (exact) mass is 234 g/mol. The molecule has 90 valence electrons. The second-order valence-corrected chi connectivity index (χ2v) is 3.23. The summed E-state index contributed by atoms with van der Waals surface area (Å²) in [5, 5.41) is 2.86. The van der Waals surface area contributed by atoms with Crippen LogP contribution in [0.2, 0.25) is 0 Å². The third-order valence-corrected chi connectivity index (χ3v) is 1.88. The molecule has 0 fully saturated rings. The van der Waals surface area contributed by atoms with Gasteiger partial charge in [-0.05, 0) is 6.42 Å². The molecule has 0 bridgehead atoms. The van der Waals surface area contributed by atoms with Gasteiger partial charge in [0, 0.05) is 19.5 Å². The molecule has 6 heteroatoms. The summed E-state index contributed by atoms with van der Waals surface area (Å²) in [6, 6.07) is 1.68. The van der Waals surface area contributed by atoms with E-state index in [1.165, 1.54) is 6.20 Å². The summed E-state index contributed by atoms with van der Waals surface area (Å²) in [5.41, 5.74) is 0.758. The van der Waals surface area contributed by atoms with Gasteiger partial charge in [0.2, 0.25) is 0 Å². The minimum Gasteiger partial charge on any atom is -0.492 e. The fourth-order valence-corrected chi connectivity index (χ4v) is 1.10. The number of nitrogens with one attached hydrogen (secondary N) is 1. The Morgan fingerprint density at radius 1 is 1.38 bits per heavy atom. The highest BCUT2D eigenvalue weighted by Crippen LogP contribution is 2.21. The maximum Gasteiger partial charge on any atom is 0.389 e. The molecule has 0 unspecified atom stereocenters. The zero-order valence-corrected chi connectivity index (χ0v) is 8.84. The molecule has 0 saturated heterocycles. The molecule has 0 radical (unpaired) electrons. The lowest BCUT2D eigenvalue weighted by atomic mass is 10.3. The molecule has 0 spiro atoms. The van der Waals surface area contributed by atoms with Crippen LogP contribution in [0.25, 0.3) is 0 Å². The summed E-state index contributed by atoms with van der Waals surface area (Å²) >= 11 is 0. The van der Waals surface area contributed by atoms with E-state index in [1.807, 2.05) is 0 Å². The number of rotatable bonds is 5. The molecule has 0 aliphatic rings. The van der Waals surface area contributed by atoms with Gasteiger partial charge in [0.05, 0.1) is 24.7 Å². The van der Waals surface area contributed by atoms with Crippen LogP contribution >= 0.6 is 0 Å². The summed E-state index contributed by atoms with van der Waals surface area (Å²) < 4.78 is 40.6. The first-order valence-corrected chi connectivity index (χ1v) is 4.83. The standard InChI is InChI=1S/C10H13F3N2O/c1-14-8-5-9(7-15-6-8)16-4-2-3-10(11,12)13/h5-7,14H,2-4H2,1H3. The minimum absolute atomic E-state index is 0.0361. The Kier molecular flexibility index (Phi) is 4.39. The summed E-state index contributed by atoms with van der Waals surface area (Å²) in [4.78, 5) is 3.87. The van der Waals surface area contributed by atoms with Crippen LogP contribution < -0.4 is 10.1 Å². The number of alkyl halides is 3. The van der Waals surface area contributed by atoms with E-state index < -0.39 is 12.6 Å². The van der Waals surface area contributed by atoms with Gasteiger partial charge in [-0.2, -0.15) is 13.2 Å². The third kappa shape index (κ3) is 4.86. The smallest absolute Gasteiger partial charge is 0.389 e. The van der Waals surface area contributed by atoms with Gasteiger partial charge in [-0.3, -0.25) is 4.98 Å². The van der Waals surface area contributed by atoms with Gasteiger partial charge in [-0.1, -0.05) is 0 Å². The molecule has 16 heavy (non-hydrogen) atoms. The Hall–Kier alpha value is -1.46. The van der Waals surface area contributed by atoms with Crippen LogP contribution in [0.15, 0.2) is 18.5 Å². The predicted octanol–water partition coefficient (Wildman–Crippen LogP) is 2.84. The minimum atomic E-state index is -4.12. The van der Waals surface area contributed by atoms with Crippen LogP contribution in [-0.4, -0.2) is 24.8 Å². The van der Waals surface area contributed by atoms with Crippen molar-refractivity contribution in [3.63, 3.8) is 0 Å². The molecule has 1 N–H and O–H groups in total. The molecule has 1 rings (SSSR count). The van der Waals surface area contributed by atoms with Crippen LogP contribution in [0.5, 0.6) is 5.75 Å². The van der Waals surface area contributed by atoms with E-state index in [1.54, 1.807) is 19.3 Å². The summed E-state index contributed by atoms with van der Waals surface area (Å²) in [5.74, 6) is 0.467. The molecule has 1 aromatic heterocycles. The highest BCUT2D eigenvalue weighted by molar-refractivity contribution is 5.44. The van der Waals surface area contributed by atoms with E-state index >= 15 is 0 Å². The SMILES string of the molecule is CNc1cncc(OCCCC(F)(F)F)c1. The van der Waals surface area contributed by atoms with Crippen molar-refractivity contribution in [3.8, 4) is 5.75 Å². The fraction of sp³-hybridized carbons (Fsp3) is 0.500. The van der Waals surface area contributed by atoms with Crippen LogP contribution in [0.1, 0.15) is 12.8 Å². The highest BCUT2D eigenvalue weighted by atomic mass is 19.4. The van der Waals surface area contributed by atoms with Crippen LogP contribution in [-0.2, 0) is 0 Å². The van der Waals surface area contributed by atoms with Gasteiger partial charge in [0.1, 0.15) is 5.75 Å². The number of nitrogens with zero attached hydrogens (tertiary/aromatic N) is 1. The quantitative estimate of drug-likeness (QED) is 0.795. The molecule has 3 nitrogen and oxygen atoms in total. The molecular formula is C10H13F3N2O. The summed E-state index contributed by atoms with van der Waals surface area (Å²) in [7, 11) is 1.73. The molecule has 0 aliphatic carbocycles. The molecule has 0 saturated carbocycles. The number of halogens is 3.